The molecule has 1 aromatic heterocycles. The van der Waals surface area contributed by atoms with E-state index in [4.69, 9.17) is 10.2 Å². The van der Waals surface area contributed by atoms with Gasteiger partial charge in [0.25, 0.3) is 0 Å². The number of hydrogen-bond acceptors (Lipinski definition) is 4. The summed E-state index contributed by atoms with van der Waals surface area (Å²) in [5, 5.41) is 17.6. The first kappa shape index (κ1) is 13.6. The average Bonchev–Trinajstić information content (AvgIpc) is 2.27. The predicted octanol–water partition coefficient (Wildman–Crippen LogP) is 1.19. The van der Waals surface area contributed by atoms with E-state index in [9.17, 15) is 4.79 Å². The maximum Gasteiger partial charge on any atom is 0.303 e. The number of aliphatic carboxylic acids is 1. The maximum atomic E-state index is 10.6. The largest absolute Gasteiger partial charge is 0.481 e. The van der Waals surface area contributed by atoms with E-state index in [1.54, 1.807) is 12.4 Å². The Kier molecular flexibility index (Phi) is 5.56. The number of carboxylic acids is 1. The lowest BCUT2D eigenvalue weighted by atomic mass is 9.94. The zero-order valence-corrected chi connectivity index (χ0v) is 9.96. The van der Waals surface area contributed by atoms with Crippen LogP contribution in [0.4, 0.5) is 0 Å². The third-order valence-corrected chi connectivity index (χ3v) is 2.68. The summed E-state index contributed by atoms with van der Waals surface area (Å²) in [6, 6.07) is 0. The van der Waals surface area contributed by atoms with E-state index in [0.717, 1.165) is 24.2 Å². The Hall–Kier alpha value is -1.49. The summed E-state index contributed by atoms with van der Waals surface area (Å²) in [6.45, 7) is 1.85. The van der Waals surface area contributed by atoms with E-state index >= 15 is 0 Å². The molecule has 94 valence electrons. The quantitative estimate of drug-likeness (QED) is 0.745. The lowest BCUT2D eigenvalue weighted by Crippen LogP contribution is -2.11. The smallest absolute Gasteiger partial charge is 0.303 e. The minimum atomic E-state index is -0.816. The van der Waals surface area contributed by atoms with Crippen LogP contribution < -0.4 is 0 Å². The zero-order chi connectivity index (χ0) is 12.7. The zero-order valence-electron chi connectivity index (χ0n) is 9.96. The number of nitrogens with zero attached hydrogens (tertiary/aromatic N) is 2. The molecule has 0 saturated carbocycles. The Morgan fingerprint density at radius 3 is 2.53 bits per heavy atom. The molecule has 0 amide bonds. The number of rotatable bonds is 7. The second-order valence-electron chi connectivity index (χ2n) is 4.15. The highest BCUT2D eigenvalue weighted by Crippen LogP contribution is 2.16. The lowest BCUT2D eigenvalue weighted by Gasteiger charge is -2.12. The second kappa shape index (κ2) is 6.96. The summed E-state index contributed by atoms with van der Waals surface area (Å²) in [7, 11) is 0. The molecule has 1 atom stereocenters. The molecule has 1 aromatic rings. The highest BCUT2D eigenvalue weighted by Gasteiger charge is 2.12. The van der Waals surface area contributed by atoms with Crippen LogP contribution >= 0.6 is 0 Å². The second-order valence-corrected chi connectivity index (χ2v) is 4.15. The van der Waals surface area contributed by atoms with Crippen molar-refractivity contribution in [3.8, 4) is 0 Å². The molecule has 5 nitrogen and oxygen atoms in total. The van der Waals surface area contributed by atoms with Crippen molar-refractivity contribution >= 4 is 5.97 Å². The molecule has 5 heteroatoms. The van der Waals surface area contributed by atoms with E-state index in [0.29, 0.717) is 6.42 Å². The van der Waals surface area contributed by atoms with Gasteiger partial charge in [-0.1, -0.05) is 0 Å². The summed E-state index contributed by atoms with van der Waals surface area (Å²) >= 11 is 0. The molecule has 0 aliphatic carbocycles. The highest BCUT2D eigenvalue weighted by atomic mass is 16.4. The third-order valence-electron chi connectivity index (χ3n) is 2.68. The van der Waals surface area contributed by atoms with Crippen LogP contribution in [0.2, 0.25) is 0 Å². The minimum absolute atomic E-state index is 0.0128. The summed E-state index contributed by atoms with van der Waals surface area (Å²) < 4.78 is 0. The molecule has 1 unspecified atom stereocenters. The van der Waals surface area contributed by atoms with Crippen molar-refractivity contribution in [1.29, 1.82) is 0 Å². The van der Waals surface area contributed by atoms with Crippen LogP contribution in [0.15, 0.2) is 12.4 Å². The van der Waals surface area contributed by atoms with E-state index in [1.165, 1.54) is 0 Å². The number of carbonyl (C=O) groups is 1. The fourth-order valence-corrected chi connectivity index (χ4v) is 1.70. The first-order valence-electron chi connectivity index (χ1n) is 5.72. The third kappa shape index (κ3) is 5.40. The van der Waals surface area contributed by atoms with Crippen LogP contribution in [0.3, 0.4) is 0 Å². The summed E-state index contributed by atoms with van der Waals surface area (Å²) in [6.07, 6.45) is 5.64. The molecular formula is C12H18N2O3. The number of aromatic nitrogens is 2. The molecule has 0 spiro atoms. The monoisotopic (exact) mass is 238 g/mol. The normalized spacial score (nSPS) is 12.4. The first-order valence-corrected chi connectivity index (χ1v) is 5.72. The van der Waals surface area contributed by atoms with Gasteiger partial charge >= 0.3 is 5.97 Å². The summed E-state index contributed by atoms with van der Waals surface area (Å²) in [4.78, 5) is 18.8. The number of carboxylic acid groups (broad SMARTS) is 1. The van der Waals surface area contributed by atoms with Crippen molar-refractivity contribution in [3.05, 3.63) is 23.8 Å². The number of aliphatic hydroxyl groups excluding tert-OH is 1. The van der Waals surface area contributed by atoms with Crippen LogP contribution in [-0.4, -0.2) is 32.8 Å². The van der Waals surface area contributed by atoms with E-state index < -0.39 is 5.97 Å². The first-order chi connectivity index (χ1) is 8.11. The Balaban J connectivity index is 2.45. The molecule has 0 bridgehead atoms. The van der Waals surface area contributed by atoms with Gasteiger partial charge < -0.3 is 10.2 Å². The van der Waals surface area contributed by atoms with Crippen molar-refractivity contribution in [2.24, 2.45) is 5.92 Å². The molecule has 0 saturated heterocycles. The van der Waals surface area contributed by atoms with Crippen molar-refractivity contribution in [3.63, 3.8) is 0 Å². The van der Waals surface area contributed by atoms with Gasteiger partial charge in [0, 0.05) is 25.4 Å². The summed E-state index contributed by atoms with van der Waals surface area (Å²) in [5.74, 6) is -0.0754. The van der Waals surface area contributed by atoms with Gasteiger partial charge in [-0.25, -0.2) is 9.97 Å². The van der Waals surface area contributed by atoms with Gasteiger partial charge in [0.1, 0.15) is 5.82 Å². The van der Waals surface area contributed by atoms with E-state index in [-0.39, 0.29) is 18.9 Å². The number of aryl methyl sites for hydroxylation is 2. The molecular weight excluding hydrogens is 220 g/mol. The van der Waals surface area contributed by atoms with E-state index in [1.807, 2.05) is 6.92 Å². The Morgan fingerprint density at radius 2 is 2.00 bits per heavy atom. The average molecular weight is 238 g/mol. The van der Waals surface area contributed by atoms with Crippen molar-refractivity contribution in [2.75, 3.05) is 6.61 Å². The van der Waals surface area contributed by atoms with Gasteiger partial charge in [0.2, 0.25) is 0 Å². The molecule has 0 radical (unpaired) electrons. The number of hydrogen-bond donors (Lipinski definition) is 2. The molecule has 0 aliphatic rings. The maximum absolute atomic E-state index is 10.6. The standard InChI is InChI=1S/C12H18N2O3/c1-9-13-7-11(8-14-9)3-2-10(4-5-15)6-12(16)17/h7-8,10,15H,2-6H2,1H3,(H,16,17). The molecule has 17 heavy (non-hydrogen) atoms. The van der Waals surface area contributed by atoms with E-state index in [2.05, 4.69) is 9.97 Å². The van der Waals surface area contributed by atoms with Crippen molar-refractivity contribution in [1.82, 2.24) is 9.97 Å². The van der Waals surface area contributed by atoms with Crippen molar-refractivity contribution < 1.29 is 15.0 Å². The van der Waals surface area contributed by atoms with Gasteiger partial charge in [-0.15, -0.1) is 0 Å². The predicted molar refractivity (Wildman–Crippen MR) is 62.5 cm³/mol. The SMILES string of the molecule is Cc1ncc(CCC(CCO)CC(=O)O)cn1. The fourth-order valence-electron chi connectivity index (χ4n) is 1.70. The van der Waals surface area contributed by atoms with Gasteiger partial charge in [-0.3, -0.25) is 4.79 Å². The van der Waals surface area contributed by atoms with Crippen LogP contribution in [-0.2, 0) is 11.2 Å². The Bertz CT molecular complexity index is 351. The van der Waals surface area contributed by atoms with Crippen LogP contribution in [0.1, 0.15) is 30.7 Å². The van der Waals surface area contributed by atoms with Gasteiger partial charge in [-0.05, 0) is 37.7 Å². The topological polar surface area (TPSA) is 83.3 Å². The van der Waals surface area contributed by atoms with Crippen LogP contribution in [0.25, 0.3) is 0 Å². The Labute approximate surface area is 101 Å². The van der Waals surface area contributed by atoms with Gasteiger partial charge in [0.15, 0.2) is 0 Å². The molecule has 0 aliphatic heterocycles. The molecule has 0 aromatic carbocycles. The van der Waals surface area contributed by atoms with Gasteiger partial charge in [0.05, 0.1) is 0 Å². The fraction of sp³-hybridized carbons (Fsp3) is 0.583. The Morgan fingerprint density at radius 1 is 1.35 bits per heavy atom. The number of aliphatic hydroxyl groups is 1. The molecule has 1 heterocycles. The van der Waals surface area contributed by atoms with Gasteiger partial charge in [-0.2, -0.15) is 0 Å². The highest BCUT2D eigenvalue weighted by molar-refractivity contribution is 5.66. The molecule has 2 N–H and O–H groups in total. The molecule has 0 fully saturated rings. The summed E-state index contributed by atoms with van der Waals surface area (Å²) in [5.41, 5.74) is 1.00. The van der Waals surface area contributed by atoms with Crippen molar-refractivity contribution in [2.45, 2.75) is 32.6 Å². The lowest BCUT2D eigenvalue weighted by molar-refractivity contribution is -0.138. The molecule has 1 rings (SSSR count). The minimum Gasteiger partial charge on any atom is -0.481 e. The van der Waals surface area contributed by atoms with Crippen LogP contribution in [0, 0.1) is 12.8 Å². The van der Waals surface area contributed by atoms with Crippen LogP contribution in [0.5, 0.6) is 0 Å².